The number of nitrogens with one attached hydrogen (secondary N) is 1. The maximum atomic E-state index is 13.2. The molecule has 0 saturated carbocycles. The van der Waals surface area contributed by atoms with Gasteiger partial charge in [-0.05, 0) is 25.0 Å². The van der Waals surface area contributed by atoms with Crippen molar-refractivity contribution in [1.29, 1.82) is 0 Å². The highest BCUT2D eigenvalue weighted by Gasteiger charge is 2.21. The summed E-state index contributed by atoms with van der Waals surface area (Å²) in [5.41, 5.74) is 0. The summed E-state index contributed by atoms with van der Waals surface area (Å²) in [6.45, 7) is 0.888. The highest BCUT2D eigenvalue weighted by atomic mass is 32.2. The Morgan fingerprint density at radius 2 is 2.32 bits per heavy atom. The standard InChI is InChI=1S/C12H16FNO4S/c1-17-12-7-10(4-5-11(12)13)19(15,16)14-8-9-3-2-6-18-9/h4-5,7,9,14H,2-3,6,8H2,1H3/t9-/m0/s1. The molecule has 1 aromatic rings. The summed E-state index contributed by atoms with van der Waals surface area (Å²) in [6.07, 6.45) is 1.70. The first-order valence-electron chi connectivity index (χ1n) is 5.98. The minimum Gasteiger partial charge on any atom is -0.494 e. The van der Waals surface area contributed by atoms with Crippen molar-refractivity contribution in [1.82, 2.24) is 4.72 Å². The van der Waals surface area contributed by atoms with Crippen molar-refractivity contribution < 1.29 is 22.3 Å². The molecule has 5 nitrogen and oxygen atoms in total. The van der Waals surface area contributed by atoms with E-state index in [0.29, 0.717) is 6.61 Å². The van der Waals surface area contributed by atoms with E-state index in [9.17, 15) is 12.8 Å². The molecule has 1 aliphatic rings. The smallest absolute Gasteiger partial charge is 0.240 e. The van der Waals surface area contributed by atoms with E-state index < -0.39 is 15.8 Å². The van der Waals surface area contributed by atoms with Gasteiger partial charge in [-0.2, -0.15) is 0 Å². The van der Waals surface area contributed by atoms with E-state index in [2.05, 4.69) is 4.72 Å². The predicted octanol–water partition coefficient (Wildman–Crippen LogP) is 1.29. The molecule has 0 aromatic heterocycles. The molecule has 1 saturated heterocycles. The largest absolute Gasteiger partial charge is 0.494 e. The summed E-state index contributed by atoms with van der Waals surface area (Å²) >= 11 is 0. The van der Waals surface area contributed by atoms with E-state index in [1.807, 2.05) is 0 Å². The van der Waals surface area contributed by atoms with Crippen LogP contribution in [0.5, 0.6) is 5.75 Å². The molecule has 7 heteroatoms. The molecule has 0 spiro atoms. The zero-order valence-corrected chi connectivity index (χ0v) is 11.4. The lowest BCUT2D eigenvalue weighted by Gasteiger charge is -2.12. The maximum Gasteiger partial charge on any atom is 0.240 e. The minimum absolute atomic E-state index is 0.0243. The van der Waals surface area contributed by atoms with E-state index in [1.54, 1.807) is 0 Å². The van der Waals surface area contributed by atoms with Crippen molar-refractivity contribution in [3.05, 3.63) is 24.0 Å². The van der Waals surface area contributed by atoms with Crippen molar-refractivity contribution in [2.45, 2.75) is 23.8 Å². The van der Waals surface area contributed by atoms with Gasteiger partial charge < -0.3 is 9.47 Å². The first-order chi connectivity index (χ1) is 9.03. The highest BCUT2D eigenvalue weighted by molar-refractivity contribution is 7.89. The predicted molar refractivity (Wildman–Crippen MR) is 67.1 cm³/mol. The van der Waals surface area contributed by atoms with Crippen LogP contribution in [0, 0.1) is 5.82 Å². The second-order valence-electron chi connectivity index (χ2n) is 4.28. The molecule has 1 fully saturated rings. The zero-order valence-electron chi connectivity index (χ0n) is 10.6. The molecular formula is C12H16FNO4S. The van der Waals surface area contributed by atoms with Crippen LogP contribution in [0.1, 0.15) is 12.8 Å². The van der Waals surface area contributed by atoms with E-state index >= 15 is 0 Å². The second kappa shape index (κ2) is 5.85. The van der Waals surface area contributed by atoms with Crippen LogP contribution in [0.2, 0.25) is 0 Å². The van der Waals surface area contributed by atoms with Gasteiger partial charge >= 0.3 is 0 Å². The topological polar surface area (TPSA) is 64.6 Å². The number of methoxy groups -OCH3 is 1. The lowest BCUT2D eigenvalue weighted by atomic mass is 10.2. The monoisotopic (exact) mass is 289 g/mol. The van der Waals surface area contributed by atoms with Crippen LogP contribution in [0.4, 0.5) is 4.39 Å². The van der Waals surface area contributed by atoms with Gasteiger partial charge in [0.05, 0.1) is 18.1 Å². The molecule has 106 valence electrons. The van der Waals surface area contributed by atoms with Gasteiger partial charge in [0.15, 0.2) is 11.6 Å². The Hall–Kier alpha value is -1.18. The Bertz CT molecular complexity index is 541. The van der Waals surface area contributed by atoms with Gasteiger partial charge in [-0.3, -0.25) is 0 Å². The van der Waals surface area contributed by atoms with Crippen molar-refractivity contribution in [2.24, 2.45) is 0 Å². The van der Waals surface area contributed by atoms with Gasteiger partial charge in [-0.15, -0.1) is 0 Å². The van der Waals surface area contributed by atoms with Crippen LogP contribution in [0.25, 0.3) is 0 Å². The molecular weight excluding hydrogens is 273 g/mol. The van der Waals surface area contributed by atoms with Crippen molar-refractivity contribution in [2.75, 3.05) is 20.3 Å². The summed E-state index contributed by atoms with van der Waals surface area (Å²) in [6, 6.07) is 3.43. The van der Waals surface area contributed by atoms with E-state index in [1.165, 1.54) is 13.2 Å². The summed E-state index contributed by atoms with van der Waals surface area (Å²) < 4.78 is 49.8. The molecule has 1 aliphatic heterocycles. The Balaban J connectivity index is 2.10. The maximum absolute atomic E-state index is 13.2. The third-order valence-electron chi connectivity index (χ3n) is 2.96. The zero-order chi connectivity index (χ0) is 13.9. The Labute approximate surface area is 111 Å². The van der Waals surface area contributed by atoms with Gasteiger partial charge in [0.2, 0.25) is 10.0 Å². The molecule has 19 heavy (non-hydrogen) atoms. The van der Waals surface area contributed by atoms with Gasteiger partial charge in [0.25, 0.3) is 0 Å². The number of hydrogen-bond acceptors (Lipinski definition) is 4. The molecule has 1 N–H and O–H groups in total. The van der Waals surface area contributed by atoms with Crippen LogP contribution in [0.3, 0.4) is 0 Å². The van der Waals surface area contributed by atoms with Crippen LogP contribution in [-0.2, 0) is 14.8 Å². The molecule has 1 atom stereocenters. The van der Waals surface area contributed by atoms with Crippen LogP contribution < -0.4 is 9.46 Å². The fourth-order valence-corrected chi connectivity index (χ4v) is 2.98. The second-order valence-corrected chi connectivity index (χ2v) is 6.05. The van der Waals surface area contributed by atoms with Crippen LogP contribution >= 0.6 is 0 Å². The molecule has 0 aliphatic carbocycles. The summed E-state index contributed by atoms with van der Waals surface area (Å²) in [7, 11) is -2.39. The number of sulfonamides is 1. The molecule has 0 amide bonds. The van der Waals surface area contributed by atoms with Gasteiger partial charge in [-0.1, -0.05) is 0 Å². The molecule has 0 unspecified atom stereocenters. The quantitative estimate of drug-likeness (QED) is 0.887. The van der Waals surface area contributed by atoms with Gasteiger partial charge in [0, 0.05) is 19.2 Å². The van der Waals surface area contributed by atoms with Crippen molar-refractivity contribution in [3.63, 3.8) is 0 Å². The van der Waals surface area contributed by atoms with Crippen molar-refractivity contribution in [3.8, 4) is 5.75 Å². The van der Waals surface area contributed by atoms with E-state index in [0.717, 1.165) is 25.0 Å². The lowest BCUT2D eigenvalue weighted by Crippen LogP contribution is -2.31. The van der Waals surface area contributed by atoms with Gasteiger partial charge in [0.1, 0.15) is 0 Å². The Morgan fingerprint density at radius 3 is 2.95 bits per heavy atom. The highest BCUT2D eigenvalue weighted by Crippen LogP contribution is 2.21. The molecule has 0 radical (unpaired) electrons. The fourth-order valence-electron chi connectivity index (χ4n) is 1.90. The summed E-state index contributed by atoms with van der Waals surface area (Å²) in [5, 5.41) is 0. The number of ether oxygens (including phenoxy) is 2. The van der Waals surface area contributed by atoms with E-state index in [-0.39, 0.29) is 23.3 Å². The third-order valence-corrected chi connectivity index (χ3v) is 4.38. The number of halogens is 1. The number of benzene rings is 1. The van der Waals surface area contributed by atoms with Gasteiger partial charge in [-0.25, -0.2) is 17.5 Å². The minimum atomic E-state index is -3.67. The number of hydrogen-bond donors (Lipinski definition) is 1. The van der Waals surface area contributed by atoms with Crippen LogP contribution in [0.15, 0.2) is 23.1 Å². The lowest BCUT2D eigenvalue weighted by molar-refractivity contribution is 0.114. The summed E-state index contributed by atoms with van der Waals surface area (Å²) in [4.78, 5) is -0.0243. The fraction of sp³-hybridized carbons (Fsp3) is 0.500. The summed E-state index contributed by atoms with van der Waals surface area (Å²) in [5.74, 6) is -0.694. The first kappa shape index (κ1) is 14.2. The average molecular weight is 289 g/mol. The average Bonchev–Trinajstić information content (AvgIpc) is 2.90. The van der Waals surface area contributed by atoms with Crippen LogP contribution in [-0.4, -0.2) is 34.8 Å². The Kier molecular flexibility index (Phi) is 4.38. The molecule has 2 rings (SSSR count). The SMILES string of the molecule is COc1cc(S(=O)(=O)NC[C@@H]2CCCO2)ccc1F. The molecule has 1 aromatic carbocycles. The first-order valence-corrected chi connectivity index (χ1v) is 7.46. The normalized spacial score (nSPS) is 19.6. The van der Waals surface area contributed by atoms with E-state index in [4.69, 9.17) is 9.47 Å². The third kappa shape index (κ3) is 3.43. The Morgan fingerprint density at radius 1 is 1.53 bits per heavy atom. The van der Waals surface area contributed by atoms with Crippen molar-refractivity contribution >= 4 is 10.0 Å². The molecule has 0 bridgehead atoms. The number of rotatable bonds is 5. The molecule has 1 heterocycles.